The van der Waals surface area contributed by atoms with E-state index in [2.05, 4.69) is 5.32 Å². The van der Waals surface area contributed by atoms with Crippen molar-refractivity contribution >= 4 is 38.9 Å². The standard InChI is InChI=1S/C23H20N2O2/c1-14(2)12-21(27)24-11-10-15-13-20(26)18-8-5-7-17-16-6-3-4-9-19(16)25-23(15)22(17)18/h3-9,12-13H,10-11H2,1-2H3,(H,24,27). The van der Waals surface area contributed by atoms with Crippen LogP contribution in [0.2, 0.25) is 0 Å². The number of ketones is 1. The normalized spacial score (nSPS) is 12.8. The van der Waals surface area contributed by atoms with Crippen LogP contribution in [0.15, 0.2) is 60.2 Å². The molecule has 0 fully saturated rings. The van der Waals surface area contributed by atoms with E-state index in [4.69, 9.17) is 4.98 Å². The summed E-state index contributed by atoms with van der Waals surface area (Å²) >= 11 is 0. The topological polar surface area (TPSA) is 59.1 Å². The second-order valence-corrected chi connectivity index (χ2v) is 7.00. The fourth-order valence-electron chi connectivity index (χ4n) is 3.57. The van der Waals surface area contributed by atoms with E-state index in [-0.39, 0.29) is 11.7 Å². The number of hydrogen-bond acceptors (Lipinski definition) is 3. The molecule has 4 rings (SSSR count). The van der Waals surface area contributed by atoms with Crippen molar-refractivity contribution in [1.29, 1.82) is 0 Å². The minimum absolute atomic E-state index is 0.00388. The van der Waals surface area contributed by atoms with E-state index < -0.39 is 0 Å². The van der Waals surface area contributed by atoms with Crippen LogP contribution in [0.1, 0.15) is 36.3 Å². The highest BCUT2D eigenvalue weighted by molar-refractivity contribution is 6.24. The average Bonchev–Trinajstić information content (AvgIpc) is 2.64. The Morgan fingerprint density at radius 3 is 2.67 bits per heavy atom. The number of para-hydroxylation sites is 1. The number of fused-ring (bicyclic) bond motifs is 2. The zero-order valence-corrected chi connectivity index (χ0v) is 15.4. The lowest BCUT2D eigenvalue weighted by Crippen LogP contribution is -2.23. The van der Waals surface area contributed by atoms with E-state index in [1.807, 2.05) is 56.3 Å². The number of carbonyl (C=O) groups is 2. The highest BCUT2D eigenvalue weighted by Gasteiger charge is 2.22. The van der Waals surface area contributed by atoms with Gasteiger partial charge < -0.3 is 5.32 Å². The number of nitrogens with zero attached hydrogens (tertiary/aromatic N) is 1. The number of aromatic nitrogens is 1. The Hall–Kier alpha value is -3.27. The van der Waals surface area contributed by atoms with Gasteiger partial charge in [0, 0.05) is 29.0 Å². The van der Waals surface area contributed by atoms with Gasteiger partial charge in [0.25, 0.3) is 0 Å². The zero-order chi connectivity index (χ0) is 19.0. The molecule has 0 spiro atoms. The fourth-order valence-corrected chi connectivity index (χ4v) is 3.57. The predicted octanol–water partition coefficient (Wildman–Crippen LogP) is 4.44. The maximum absolute atomic E-state index is 12.7. The van der Waals surface area contributed by atoms with Crippen molar-refractivity contribution in [2.75, 3.05) is 6.54 Å². The third-order valence-corrected chi connectivity index (χ3v) is 4.72. The van der Waals surface area contributed by atoms with Gasteiger partial charge in [0.2, 0.25) is 5.91 Å². The van der Waals surface area contributed by atoms with Gasteiger partial charge in [-0.3, -0.25) is 9.59 Å². The highest BCUT2D eigenvalue weighted by Crippen LogP contribution is 2.36. The van der Waals surface area contributed by atoms with Gasteiger partial charge in [-0.2, -0.15) is 0 Å². The quantitative estimate of drug-likeness (QED) is 0.555. The molecule has 3 aromatic rings. The molecular weight excluding hydrogens is 336 g/mol. The lowest BCUT2D eigenvalue weighted by molar-refractivity contribution is -0.116. The molecular formula is C23H20N2O2. The van der Waals surface area contributed by atoms with E-state index in [9.17, 15) is 9.59 Å². The zero-order valence-electron chi connectivity index (χ0n) is 15.4. The van der Waals surface area contributed by atoms with Crippen molar-refractivity contribution in [2.24, 2.45) is 0 Å². The number of nitrogens with one attached hydrogen (secondary N) is 1. The summed E-state index contributed by atoms with van der Waals surface area (Å²) in [5.74, 6) is -0.120. The summed E-state index contributed by atoms with van der Waals surface area (Å²) in [7, 11) is 0. The van der Waals surface area contributed by atoms with Crippen LogP contribution in [-0.2, 0) is 4.79 Å². The number of hydrogen-bond donors (Lipinski definition) is 1. The predicted molar refractivity (Wildman–Crippen MR) is 109 cm³/mol. The molecule has 0 saturated heterocycles. The number of benzene rings is 2. The molecule has 0 saturated carbocycles. The molecule has 4 heteroatoms. The summed E-state index contributed by atoms with van der Waals surface area (Å²) in [5.41, 5.74) is 4.26. The molecule has 1 aliphatic rings. The molecule has 27 heavy (non-hydrogen) atoms. The third-order valence-electron chi connectivity index (χ3n) is 4.72. The lowest BCUT2D eigenvalue weighted by atomic mass is 9.88. The van der Waals surface area contributed by atoms with Crippen LogP contribution in [0, 0.1) is 0 Å². The fraction of sp³-hybridized carbons (Fsp3) is 0.174. The van der Waals surface area contributed by atoms with E-state index in [0.717, 1.165) is 38.5 Å². The molecule has 1 aliphatic carbocycles. The second kappa shape index (κ2) is 6.80. The maximum atomic E-state index is 12.7. The van der Waals surface area contributed by atoms with Crippen LogP contribution in [0.4, 0.5) is 0 Å². The number of rotatable bonds is 4. The number of amides is 1. The van der Waals surface area contributed by atoms with Crippen molar-refractivity contribution in [1.82, 2.24) is 10.3 Å². The molecule has 0 bridgehead atoms. The molecule has 1 amide bonds. The van der Waals surface area contributed by atoms with Crippen LogP contribution in [-0.4, -0.2) is 23.2 Å². The van der Waals surface area contributed by atoms with Gasteiger partial charge in [0.15, 0.2) is 5.78 Å². The SMILES string of the molecule is CC(C)=CC(=O)NCCC1=CC(=O)c2cccc3c2c1nc1ccccc13. The van der Waals surface area contributed by atoms with Crippen molar-refractivity contribution in [3.63, 3.8) is 0 Å². The smallest absolute Gasteiger partial charge is 0.243 e. The van der Waals surface area contributed by atoms with Crippen LogP contribution < -0.4 is 5.32 Å². The monoisotopic (exact) mass is 356 g/mol. The minimum atomic E-state index is -0.116. The number of pyridine rings is 1. The first-order valence-corrected chi connectivity index (χ1v) is 9.04. The van der Waals surface area contributed by atoms with Crippen molar-refractivity contribution in [2.45, 2.75) is 20.3 Å². The molecule has 0 aliphatic heterocycles. The van der Waals surface area contributed by atoms with Gasteiger partial charge >= 0.3 is 0 Å². The summed E-state index contributed by atoms with van der Waals surface area (Å²) < 4.78 is 0. The Labute approximate surface area is 157 Å². The van der Waals surface area contributed by atoms with E-state index in [0.29, 0.717) is 18.5 Å². The Morgan fingerprint density at radius 2 is 1.85 bits per heavy atom. The summed E-state index contributed by atoms with van der Waals surface area (Å²) in [6.07, 6.45) is 3.79. The molecule has 0 atom stereocenters. The summed E-state index contributed by atoms with van der Waals surface area (Å²) in [6.45, 7) is 4.23. The van der Waals surface area contributed by atoms with Gasteiger partial charge in [-0.15, -0.1) is 0 Å². The van der Waals surface area contributed by atoms with Gasteiger partial charge in [-0.05, 0) is 43.4 Å². The van der Waals surface area contributed by atoms with E-state index in [1.165, 1.54) is 0 Å². The first-order valence-electron chi connectivity index (χ1n) is 9.04. The third kappa shape index (κ3) is 3.14. The second-order valence-electron chi connectivity index (χ2n) is 7.00. The first kappa shape index (κ1) is 17.2. The molecule has 1 heterocycles. The van der Waals surface area contributed by atoms with Gasteiger partial charge in [-0.1, -0.05) is 42.0 Å². The molecule has 1 N–H and O–H groups in total. The van der Waals surface area contributed by atoms with Crippen LogP contribution >= 0.6 is 0 Å². The number of allylic oxidation sites excluding steroid dienone is 2. The van der Waals surface area contributed by atoms with Crippen molar-refractivity contribution in [3.8, 4) is 0 Å². The maximum Gasteiger partial charge on any atom is 0.243 e. The van der Waals surface area contributed by atoms with Crippen LogP contribution in [0.5, 0.6) is 0 Å². The van der Waals surface area contributed by atoms with Crippen molar-refractivity contribution < 1.29 is 9.59 Å². The van der Waals surface area contributed by atoms with Crippen LogP contribution in [0.3, 0.4) is 0 Å². The lowest BCUT2D eigenvalue weighted by Gasteiger charge is -2.19. The van der Waals surface area contributed by atoms with Gasteiger partial charge in [-0.25, -0.2) is 4.98 Å². The van der Waals surface area contributed by atoms with Crippen molar-refractivity contribution in [3.05, 3.63) is 71.4 Å². The molecule has 2 aromatic carbocycles. The van der Waals surface area contributed by atoms with E-state index >= 15 is 0 Å². The first-order chi connectivity index (χ1) is 13.0. The van der Waals surface area contributed by atoms with E-state index in [1.54, 1.807) is 12.2 Å². The Bertz CT molecular complexity index is 1150. The molecule has 1 aromatic heterocycles. The summed E-state index contributed by atoms with van der Waals surface area (Å²) in [5, 5.41) is 5.87. The molecule has 4 nitrogen and oxygen atoms in total. The Kier molecular flexibility index (Phi) is 4.32. The highest BCUT2D eigenvalue weighted by atomic mass is 16.1. The Morgan fingerprint density at radius 1 is 1.07 bits per heavy atom. The van der Waals surface area contributed by atoms with Gasteiger partial charge in [0.05, 0.1) is 11.2 Å². The number of carbonyl (C=O) groups excluding carboxylic acids is 2. The molecule has 0 radical (unpaired) electrons. The van der Waals surface area contributed by atoms with Gasteiger partial charge in [0.1, 0.15) is 0 Å². The summed E-state index contributed by atoms with van der Waals surface area (Å²) in [6, 6.07) is 13.8. The summed E-state index contributed by atoms with van der Waals surface area (Å²) in [4.78, 5) is 29.3. The Balaban J connectivity index is 1.75. The molecule has 0 unspecified atom stereocenters. The van der Waals surface area contributed by atoms with Crippen LogP contribution in [0.25, 0.3) is 27.2 Å². The molecule has 134 valence electrons. The average molecular weight is 356 g/mol. The minimum Gasteiger partial charge on any atom is -0.352 e. The largest absolute Gasteiger partial charge is 0.352 e.